The van der Waals surface area contributed by atoms with Crippen LogP contribution in [0.25, 0.3) is 0 Å². The molecule has 1 aliphatic rings. The van der Waals surface area contributed by atoms with Gasteiger partial charge in [0.1, 0.15) is 12.7 Å². The van der Waals surface area contributed by atoms with Gasteiger partial charge in [0.25, 0.3) is 0 Å². The molecule has 1 aromatic rings. The Kier molecular flexibility index (Phi) is 11.8. The summed E-state index contributed by atoms with van der Waals surface area (Å²) < 4.78 is 29.8. The third-order valence-corrected chi connectivity index (χ3v) is 6.66. The second-order valence-electron chi connectivity index (χ2n) is 15.1. The number of benzene rings is 1. The normalized spacial score (nSPS) is 23.2. The third kappa shape index (κ3) is 10.6. The zero-order chi connectivity index (χ0) is 33.8. The summed E-state index contributed by atoms with van der Waals surface area (Å²) >= 11 is 6.03. The van der Waals surface area contributed by atoms with E-state index < -0.39 is 76.2 Å². The fraction of sp³-hybridized carbons (Fsp3) is 0.667. The first kappa shape index (κ1) is 37.2. The van der Waals surface area contributed by atoms with Crippen LogP contribution in [0.2, 0.25) is 5.02 Å². The minimum absolute atomic E-state index is 0.353. The zero-order valence-electron chi connectivity index (χ0n) is 28.0. The summed E-state index contributed by atoms with van der Waals surface area (Å²) in [6.45, 7) is 19.8. The van der Waals surface area contributed by atoms with Crippen LogP contribution in [-0.2, 0) is 42.9 Å². The Morgan fingerprint density at radius 1 is 0.682 bits per heavy atom. The fourth-order valence-electron chi connectivity index (χ4n) is 3.53. The largest absolute Gasteiger partial charge is 0.462 e. The molecule has 1 aliphatic heterocycles. The van der Waals surface area contributed by atoms with Gasteiger partial charge in [-0.05, 0) is 101 Å². The number of hydrogen-bond acceptors (Lipinski definition) is 10. The van der Waals surface area contributed by atoms with Gasteiger partial charge in [-0.2, -0.15) is 0 Å². The Morgan fingerprint density at radius 2 is 1.09 bits per heavy atom. The van der Waals surface area contributed by atoms with Crippen molar-refractivity contribution in [2.45, 2.75) is 114 Å². The first-order chi connectivity index (χ1) is 19.9. The van der Waals surface area contributed by atoms with Gasteiger partial charge < -0.3 is 23.7 Å². The predicted molar refractivity (Wildman–Crippen MR) is 166 cm³/mol. The summed E-state index contributed by atoms with van der Waals surface area (Å²) in [6, 6.07) is 6.84. The van der Waals surface area contributed by atoms with Gasteiger partial charge in [-0.25, -0.2) is 0 Å². The third-order valence-electron chi connectivity index (χ3n) is 6.41. The molecule has 0 N–H and O–H groups in total. The van der Waals surface area contributed by atoms with Crippen molar-refractivity contribution in [2.75, 3.05) is 6.61 Å². The molecule has 1 aromatic carbocycles. The number of nitrogens with zero attached hydrogens (tertiary/aromatic N) is 1. The second-order valence-corrected chi connectivity index (χ2v) is 15.5. The number of halogens is 1. The molecule has 1 saturated heterocycles. The molecule has 0 spiro atoms. The summed E-state index contributed by atoms with van der Waals surface area (Å²) in [4.78, 5) is 57.1. The van der Waals surface area contributed by atoms with E-state index in [1.165, 1.54) is 6.21 Å². The average molecular weight is 638 g/mol. The van der Waals surface area contributed by atoms with Crippen LogP contribution in [0.3, 0.4) is 0 Å². The maximum atomic E-state index is 13.3. The molecule has 0 aliphatic carbocycles. The van der Waals surface area contributed by atoms with Gasteiger partial charge in [0.05, 0.1) is 21.7 Å². The van der Waals surface area contributed by atoms with Crippen LogP contribution in [0.15, 0.2) is 29.3 Å². The van der Waals surface area contributed by atoms with Crippen LogP contribution in [0, 0.1) is 21.7 Å². The van der Waals surface area contributed by atoms with Gasteiger partial charge in [-0.3, -0.25) is 24.2 Å². The lowest BCUT2D eigenvalue weighted by molar-refractivity contribution is -0.258. The monoisotopic (exact) mass is 637 g/mol. The van der Waals surface area contributed by atoms with E-state index in [-0.39, 0.29) is 6.61 Å². The van der Waals surface area contributed by atoms with Gasteiger partial charge in [-0.1, -0.05) is 23.7 Å². The van der Waals surface area contributed by atoms with E-state index in [0.717, 1.165) is 0 Å². The van der Waals surface area contributed by atoms with Crippen molar-refractivity contribution in [3.8, 4) is 0 Å². The Morgan fingerprint density at radius 3 is 1.52 bits per heavy atom. The van der Waals surface area contributed by atoms with Crippen LogP contribution in [0.1, 0.15) is 88.6 Å². The smallest absolute Gasteiger partial charge is 0.311 e. The summed E-state index contributed by atoms with van der Waals surface area (Å²) in [5.74, 6) is -2.40. The van der Waals surface area contributed by atoms with E-state index in [1.54, 1.807) is 107 Å². The molecule has 246 valence electrons. The van der Waals surface area contributed by atoms with Gasteiger partial charge >= 0.3 is 23.9 Å². The standard InChI is InChI=1S/C33H48ClNO9/c1-30(2,3)26(36)40-18-21-22(42-27(37)31(4,5)6)23(43-28(38)32(7,8)9)24(44-29(39)33(10,11)12)25(41-21)35-17-19-13-15-20(34)16-14-19/h13-17,21-25H,18H2,1-12H3/t21?,22-,23-,24?,25-/m1/s1. The van der Waals surface area contributed by atoms with Crippen LogP contribution < -0.4 is 0 Å². The maximum absolute atomic E-state index is 13.3. The Bertz CT molecular complexity index is 1210. The summed E-state index contributed by atoms with van der Waals surface area (Å²) in [5, 5.41) is 0.534. The molecule has 1 fully saturated rings. The number of hydrogen-bond donors (Lipinski definition) is 0. The maximum Gasteiger partial charge on any atom is 0.311 e. The van der Waals surface area contributed by atoms with Gasteiger partial charge in [0.2, 0.25) is 0 Å². The van der Waals surface area contributed by atoms with Gasteiger partial charge in [0.15, 0.2) is 24.5 Å². The van der Waals surface area contributed by atoms with Crippen molar-refractivity contribution >= 4 is 41.7 Å². The topological polar surface area (TPSA) is 127 Å². The molecule has 2 rings (SSSR count). The molecule has 11 heteroatoms. The highest BCUT2D eigenvalue weighted by molar-refractivity contribution is 6.30. The number of ether oxygens (including phenoxy) is 5. The SMILES string of the molecule is CC(C)(C)C(=O)OCC1O[C@@H](N=Cc2ccc(Cl)cc2)C(OC(=O)C(C)(C)C)[C@H](OC(=O)C(C)(C)C)[C@@H]1OC(=O)C(C)(C)C. The lowest BCUT2D eigenvalue weighted by Crippen LogP contribution is -2.63. The number of carbonyl (C=O) groups is 4. The number of aliphatic imine (C=N–C) groups is 1. The molecule has 0 saturated carbocycles. The molecule has 1 heterocycles. The summed E-state index contributed by atoms with van der Waals surface area (Å²) in [5.41, 5.74) is -3.03. The fourth-order valence-corrected chi connectivity index (χ4v) is 3.66. The van der Waals surface area contributed by atoms with Crippen LogP contribution in [-0.4, -0.2) is 67.3 Å². The van der Waals surface area contributed by atoms with Crippen molar-refractivity contribution in [2.24, 2.45) is 26.7 Å². The molecular formula is C33H48ClNO9. The Balaban J connectivity index is 2.71. The van der Waals surface area contributed by atoms with Crippen molar-refractivity contribution in [1.82, 2.24) is 0 Å². The van der Waals surface area contributed by atoms with Gasteiger partial charge in [0, 0.05) is 11.2 Å². The first-order valence-electron chi connectivity index (χ1n) is 14.7. The Labute approximate surface area is 266 Å². The molecule has 0 radical (unpaired) electrons. The van der Waals surface area contributed by atoms with E-state index in [4.69, 9.17) is 35.3 Å². The first-order valence-corrected chi connectivity index (χ1v) is 15.0. The summed E-state index contributed by atoms with van der Waals surface area (Å²) in [7, 11) is 0. The van der Waals surface area contributed by atoms with E-state index in [2.05, 4.69) is 4.99 Å². The molecule has 2 unspecified atom stereocenters. The van der Waals surface area contributed by atoms with Gasteiger partial charge in [-0.15, -0.1) is 0 Å². The molecule has 0 amide bonds. The highest BCUT2D eigenvalue weighted by atomic mass is 35.5. The van der Waals surface area contributed by atoms with Crippen molar-refractivity contribution in [1.29, 1.82) is 0 Å². The zero-order valence-corrected chi connectivity index (χ0v) is 28.7. The number of carbonyl (C=O) groups excluding carboxylic acids is 4. The molecule has 0 aromatic heterocycles. The minimum Gasteiger partial charge on any atom is -0.462 e. The summed E-state index contributed by atoms with van der Waals surface area (Å²) in [6.07, 6.45) is -4.88. The number of rotatable bonds is 7. The van der Waals surface area contributed by atoms with Crippen molar-refractivity contribution in [3.63, 3.8) is 0 Å². The van der Waals surface area contributed by atoms with E-state index in [1.807, 2.05) is 0 Å². The van der Waals surface area contributed by atoms with E-state index >= 15 is 0 Å². The Hall–Kier alpha value is -2.98. The van der Waals surface area contributed by atoms with Crippen LogP contribution >= 0.6 is 11.6 Å². The lowest BCUT2D eigenvalue weighted by Gasteiger charge is -2.45. The highest BCUT2D eigenvalue weighted by Gasteiger charge is 2.54. The lowest BCUT2D eigenvalue weighted by atomic mass is 9.92. The predicted octanol–water partition coefficient (Wildman–Crippen LogP) is 5.95. The molecule has 10 nitrogen and oxygen atoms in total. The van der Waals surface area contributed by atoms with Crippen molar-refractivity contribution in [3.05, 3.63) is 34.9 Å². The molecule has 5 atom stereocenters. The van der Waals surface area contributed by atoms with Crippen LogP contribution in [0.5, 0.6) is 0 Å². The molecule has 44 heavy (non-hydrogen) atoms. The quantitative estimate of drug-likeness (QED) is 0.202. The van der Waals surface area contributed by atoms with Crippen LogP contribution in [0.4, 0.5) is 0 Å². The minimum atomic E-state index is -1.36. The van der Waals surface area contributed by atoms with E-state index in [0.29, 0.717) is 10.6 Å². The average Bonchev–Trinajstić information content (AvgIpc) is 2.87. The highest BCUT2D eigenvalue weighted by Crippen LogP contribution is 2.34. The second kappa shape index (κ2) is 14.0. The molecule has 0 bridgehead atoms. The van der Waals surface area contributed by atoms with Crippen molar-refractivity contribution < 1.29 is 42.9 Å². The van der Waals surface area contributed by atoms with E-state index in [9.17, 15) is 19.2 Å². The number of esters is 4. The molecular weight excluding hydrogens is 590 g/mol.